The van der Waals surface area contributed by atoms with Gasteiger partial charge < -0.3 is 0 Å². The first-order valence-electron chi connectivity index (χ1n) is 20.0. The van der Waals surface area contributed by atoms with Crippen molar-refractivity contribution in [3.05, 3.63) is 241 Å². The predicted octanol–water partition coefficient (Wildman–Crippen LogP) is 13.1. The molecule has 10 aromatic rings. The van der Waals surface area contributed by atoms with E-state index >= 15 is 0 Å². The first kappa shape index (κ1) is 34.4. The molecule has 0 spiro atoms. The average Bonchev–Trinajstić information content (AvgIpc) is 3.63. The number of hydrogen-bond acceptors (Lipinski definition) is 4. The van der Waals surface area contributed by atoms with E-state index in [2.05, 4.69) is 175 Å². The molecule has 0 bridgehead atoms. The third-order valence-corrected chi connectivity index (χ3v) is 11.7. The first-order chi connectivity index (χ1) is 29.3. The standard InChI is InChI=1S/C55H36N4/c1-3-15-38(16-4-1)52-57-53(39-17-5-2-6-18-39)59-54(58-52)41-20-14-22-43(36-41)55(50-27-11-9-25-48(50)49-26-10-12-28-51(49)55)42-21-13-19-40(35-42)45-30-29-44(37-31-33-56-34-32-37)46-23-7-8-24-47(45)46/h1-36H. The van der Waals surface area contributed by atoms with Crippen molar-refractivity contribution in [1.82, 2.24) is 19.9 Å². The van der Waals surface area contributed by atoms with Crippen molar-refractivity contribution in [3.63, 3.8) is 0 Å². The zero-order valence-corrected chi connectivity index (χ0v) is 32.1. The molecule has 0 fully saturated rings. The quantitative estimate of drug-likeness (QED) is 0.163. The molecule has 0 unspecified atom stereocenters. The summed E-state index contributed by atoms with van der Waals surface area (Å²) in [5.41, 5.74) is 14.2. The van der Waals surface area contributed by atoms with Gasteiger partial charge in [0.05, 0.1) is 5.41 Å². The van der Waals surface area contributed by atoms with E-state index in [1.807, 2.05) is 48.8 Å². The van der Waals surface area contributed by atoms with Crippen LogP contribution in [-0.4, -0.2) is 19.9 Å². The van der Waals surface area contributed by atoms with Crippen LogP contribution in [0.25, 0.3) is 78.3 Å². The Kier molecular flexibility index (Phi) is 8.34. The van der Waals surface area contributed by atoms with Gasteiger partial charge in [0.1, 0.15) is 0 Å². The minimum atomic E-state index is -0.635. The summed E-state index contributed by atoms with van der Waals surface area (Å²) in [6.45, 7) is 0. The van der Waals surface area contributed by atoms with Crippen LogP contribution in [0.15, 0.2) is 219 Å². The lowest BCUT2D eigenvalue weighted by atomic mass is 9.67. The topological polar surface area (TPSA) is 51.6 Å². The molecule has 0 saturated heterocycles. The fourth-order valence-corrected chi connectivity index (χ4v) is 9.11. The van der Waals surface area contributed by atoms with Crippen molar-refractivity contribution in [2.45, 2.75) is 5.41 Å². The Morgan fingerprint density at radius 1 is 0.288 bits per heavy atom. The smallest absolute Gasteiger partial charge is 0.164 e. The fraction of sp³-hybridized carbons (Fsp3) is 0.0182. The normalized spacial score (nSPS) is 12.5. The molecule has 1 aliphatic rings. The summed E-state index contributed by atoms with van der Waals surface area (Å²) in [7, 11) is 0. The van der Waals surface area contributed by atoms with E-state index < -0.39 is 5.41 Å². The second-order valence-electron chi connectivity index (χ2n) is 15.0. The Morgan fingerprint density at radius 3 is 1.27 bits per heavy atom. The lowest BCUT2D eigenvalue weighted by molar-refractivity contribution is 0.769. The summed E-state index contributed by atoms with van der Waals surface area (Å²) in [6, 6.07) is 73.5. The summed E-state index contributed by atoms with van der Waals surface area (Å²) >= 11 is 0. The summed E-state index contributed by atoms with van der Waals surface area (Å²) < 4.78 is 0. The van der Waals surface area contributed by atoms with Crippen LogP contribution < -0.4 is 0 Å². The van der Waals surface area contributed by atoms with E-state index in [0.29, 0.717) is 17.5 Å². The Labute approximate surface area is 343 Å². The van der Waals surface area contributed by atoms with Gasteiger partial charge in [0.25, 0.3) is 0 Å². The Hall–Kier alpha value is -7.82. The van der Waals surface area contributed by atoms with Crippen molar-refractivity contribution in [3.8, 4) is 67.5 Å². The van der Waals surface area contributed by atoms with Gasteiger partial charge in [-0.3, -0.25) is 4.98 Å². The number of pyridine rings is 1. The van der Waals surface area contributed by atoms with Gasteiger partial charge >= 0.3 is 0 Å². The largest absolute Gasteiger partial charge is 0.265 e. The second-order valence-corrected chi connectivity index (χ2v) is 15.0. The van der Waals surface area contributed by atoms with Crippen molar-refractivity contribution >= 4 is 10.8 Å². The molecule has 0 radical (unpaired) electrons. The Balaban J connectivity index is 1.14. The molecule has 276 valence electrons. The Morgan fingerprint density at radius 2 is 0.712 bits per heavy atom. The molecule has 59 heavy (non-hydrogen) atoms. The zero-order valence-electron chi connectivity index (χ0n) is 32.1. The molecule has 8 aromatic carbocycles. The lowest BCUT2D eigenvalue weighted by Gasteiger charge is -2.34. The van der Waals surface area contributed by atoms with Crippen LogP contribution in [0.4, 0.5) is 0 Å². The van der Waals surface area contributed by atoms with Crippen molar-refractivity contribution in [2.75, 3.05) is 0 Å². The third kappa shape index (κ3) is 5.76. The maximum Gasteiger partial charge on any atom is 0.164 e. The molecule has 0 saturated carbocycles. The van der Waals surface area contributed by atoms with Gasteiger partial charge in [-0.15, -0.1) is 0 Å². The van der Waals surface area contributed by atoms with E-state index in [1.54, 1.807) is 0 Å². The highest BCUT2D eigenvalue weighted by molar-refractivity contribution is 6.05. The van der Waals surface area contributed by atoms with E-state index in [-0.39, 0.29) is 0 Å². The summed E-state index contributed by atoms with van der Waals surface area (Å²) in [5.74, 6) is 1.91. The molecule has 2 aromatic heterocycles. The summed E-state index contributed by atoms with van der Waals surface area (Å²) in [6.07, 6.45) is 3.72. The second kappa shape index (κ2) is 14.3. The van der Waals surface area contributed by atoms with Gasteiger partial charge in [0.15, 0.2) is 17.5 Å². The van der Waals surface area contributed by atoms with E-state index in [1.165, 1.54) is 49.7 Å². The number of aromatic nitrogens is 4. The van der Waals surface area contributed by atoms with Gasteiger partial charge in [-0.05, 0) is 90.7 Å². The molecule has 1 aliphatic carbocycles. The predicted molar refractivity (Wildman–Crippen MR) is 240 cm³/mol. The number of hydrogen-bond donors (Lipinski definition) is 0. The molecule has 2 heterocycles. The minimum Gasteiger partial charge on any atom is -0.265 e. The zero-order chi connectivity index (χ0) is 39.2. The third-order valence-electron chi connectivity index (χ3n) is 11.7. The molecule has 0 atom stereocenters. The fourth-order valence-electron chi connectivity index (χ4n) is 9.11. The molecular weight excluding hydrogens is 717 g/mol. The minimum absolute atomic E-state index is 0.629. The van der Waals surface area contributed by atoms with Gasteiger partial charge in [-0.25, -0.2) is 15.0 Å². The van der Waals surface area contributed by atoms with Crippen LogP contribution in [0.3, 0.4) is 0 Å². The molecule has 0 amide bonds. The van der Waals surface area contributed by atoms with Crippen LogP contribution in [-0.2, 0) is 5.41 Å². The van der Waals surface area contributed by atoms with E-state index in [4.69, 9.17) is 15.0 Å². The first-order valence-corrected chi connectivity index (χ1v) is 20.0. The summed E-state index contributed by atoms with van der Waals surface area (Å²) in [4.78, 5) is 19.5. The number of fused-ring (bicyclic) bond motifs is 4. The Bertz CT molecular complexity index is 3060. The highest BCUT2D eigenvalue weighted by atomic mass is 15.0. The van der Waals surface area contributed by atoms with Gasteiger partial charge in [0.2, 0.25) is 0 Å². The van der Waals surface area contributed by atoms with Crippen molar-refractivity contribution in [2.24, 2.45) is 0 Å². The van der Waals surface area contributed by atoms with Crippen molar-refractivity contribution < 1.29 is 0 Å². The molecule has 0 aliphatic heterocycles. The molecule has 0 N–H and O–H groups in total. The van der Waals surface area contributed by atoms with E-state index in [9.17, 15) is 0 Å². The average molecular weight is 753 g/mol. The summed E-state index contributed by atoms with van der Waals surface area (Å²) in [5, 5.41) is 2.42. The van der Waals surface area contributed by atoms with Gasteiger partial charge in [-0.1, -0.05) is 182 Å². The maximum atomic E-state index is 5.14. The van der Waals surface area contributed by atoms with Crippen LogP contribution in [0, 0.1) is 0 Å². The maximum absolute atomic E-state index is 5.14. The van der Waals surface area contributed by atoms with Crippen LogP contribution in [0.5, 0.6) is 0 Å². The SMILES string of the molecule is c1ccc(-c2nc(-c3ccccc3)nc(-c3cccc(C4(c5cccc(-c6ccc(-c7ccncc7)c7ccccc67)c5)c5ccccc5-c5ccccc54)c3)n2)cc1. The molecule has 4 nitrogen and oxygen atoms in total. The van der Waals surface area contributed by atoms with Gasteiger partial charge in [-0.2, -0.15) is 0 Å². The lowest BCUT2D eigenvalue weighted by Crippen LogP contribution is -2.28. The number of rotatable bonds is 7. The molecular formula is C55H36N4. The van der Waals surface area contributed by atoms with E-state index in [0.717, 1.165) is 33.4 Å². The van der Waals surface area contributed by atoms with Crippen LogP contribution in [0.1, 0.15) is 22.3 Å². The monoisotopic (exact) mass is 752 g/mol. The number of benzene rings is 8. The molecule has 4 heteroatoms. The highest BCUT2D eigenvalue weighted by Crippen LogP contribution is 2.56. The molecule has 11 rings (SSSR count). The highest BCUT2D eigenvalue weighted by Gasteiger charge is 2.46. The van der Waals surface area contributed by atoms with Gasteiger partial charge in [0, 0.05) is 29.1 Å². The van der Waals surface area contributed by atoms with Crippen LogP contribution in [0.2, 0.25) is 0 Å². The van der Waals surface area contributed by atoms with Crippen molar-refractivity contribution in [1.29, 1.82) is 0 Å². The van der Waals surface area contributed by atoms with Crippen LogP contribution >= 0.6 is 0 Å². The number of nitrogens with zero attached hydrogens (tertiary/aromatic N) is 4.